The van der Waals surface area contributed by atoms with Crippen LogP contribution in [0.1, 0.15) is 32.1 Å². The van der Waals surface area contributed by atoms with Crippen molar-refractivity contribution in [3.8, 4) is 23.0 Å². The Hall–Kier alpha value is -5.05. The number of amides is 2. The molecule has 4 aromatic rings. The summed E-state index contributed by atoms with van der Waals surface area (Å²) >= 11 is 0. The van der Waals surface area contributed by atoms with E-state index in [2.05, 4.69) is 0 Å². The number of nitriles is 1. The van der Waals surface area contributed by atoms with Crippen molar-refractivity contribution < 1.29 is 22.4 Å². The highest BCUT2D eigenvalue weighted by molar-refractivity contribution is 7.89. The number of carbonyl (C=O) groups excluding carboxylic acids is 2. The number of benzene rings is 2. The minimum Gasteiger partial charge on any atom is -0.467 e. The number of hydrogen-bond acceptors (Lipinski definition) is 7. The first kappa shape index (κ1) is 29.4. The number of sulfonamides is 1. The molecule has 1 aliphatic rings. The molecule has 2 aromatic carbocycles. The highest BCUT2D eigenvalue weighted by Gasteiger charge is 2.36. The highest BCUT2D eigenvalue weighted by atomic mass is 32.2. The summed E-state index contributed by atoms with van der Waals surface area (Å²) in [5.41, 5.74) is 2.41. The quantitative estimate of drug-likeness (QED) is 0.198. The van der Waals surface area contributed by atoms with Crippen molar-refractivity contribution in [1.29, 1.82) is 5.26 Å². The number of rotatable bonds is 9. The van der Waals surface area contributed by atoms with Gasteiger partial charge >= 0.3 is 0 Å². The molecule has 0 aliphatic carbocycles. The number of carbonyl (C=O) groups is 2. The summed E-state index contributed by atoms with van der Waals surface area (Å²) in [6.45, 7) is 5.63. The molecule has 0 N–H and O–H groups in total. The van der Waals surface area contributed by atoms with Gasteiger partial charge in [-0.15, -0.1) is 0 Å². The molecule has 0 saturated carbocycles. The smallest absolute Gasteiger partial charge is 0.272 e. The predicted molar refractivity (Wildman–Crippen MR) is 160 cm³/mol. The van der Waals surface area contributed by atoms with E-state index in [1.165, 1.54) is 10.6 Å². The van der Waals surface area contributed by atoms with Crippen LogP contribution in [0.2, 0.25) is 0 Å². The average molecular weight is 596 g/mol. The molecule has 1 aliphatic heterocycles. The Morgan fingerprint density at radius 1 is 1.00 bits per heavy atom. The third-order valence-corrected chi connectivity index (χ3v) is 9.28. The zero-order chi connectivity index (χ0) is 30.7. The first-order valence-electron chi connectivity index (χ1n) is 13.7. The number of furan rings is 1. The van der Waals surface area contributed by atoms with Gasteiger partial charge in [0.2, 0.25) is 10.0 Å². The summed E-state index contributed by atoms with van der Waals surface area (Å²) in [4.78, 5) is 27.9. The molecule has 5 rings (SSSR count). The summed E-state index contributed by atoms with van der Waals surface area (Å²) in [7, 11) is -3.75. The normalized spacial score (nSPS) is 15.0. The van der Waals surface area contributed by atoms with E-state index in [4.69, 9.17) is 9.52 Å². The van der Waals surface area contributed by atoms with Crippen LogP contribution in [0.4, 0.5) is 0 Å². The maximum Gasteiger partial charge on any atom is 0.272 e. The summed E-state index contributed by atoms with van der Waals surface area (Å²) in [6.07, 6.45) is 4.75. The molecule has 0 spiro atoms. The molecular formula is C32H29N5O5S. The first-order valence-corrected chi connectivity index (χ1v) is 15.1. The molecule has 0 atom stereocenters. The van der Waals surface area contributed by atoms with Gasteiger partial charge in [-0.25, -0.2) is 13.1 Å². The molecule has 43 heavy (non-hydrogen) atoms. The van der Waals surface area contributed by atoms with Crippen LogP contribution in [-0.4, -0.2) is 52.3 Å². The lowest BCUT2D eigenvalue weighted by Crippen LogP contribution is -2.42. The first-order chi connectivity index (χ1) is 20.7. The lowest BCUT2D eigenvalue weighted by atomic mass is 9.93. The van der Waals surface area contributed by atoms with Crippen LogP contribution >= 0.6 is 0 Å². The summed E-state index contributed by atoms with van der Waals surface area (Å²) in [5, 5.41) is 14.6. The SMILES string of the molecule is CCN(CC)S(=O)(=O)c1cccc(-c2nn(-c3ccccc3)cc2/C=C2/C(=O)N(Cc3ccco3)C(=O)C(C#N)=C2C)c1. The van der Waals surface area contributed by atoms with Crippen LogP contribution in [0.5, 0.6) is 0 Å². The Morgan fingerprint density at radius 2 is 1.74 bits per heavy atom. The van der Waals surface area contributed by atoms with Gasteiger partial charge in [-0.3, -0.25) is 14.5 Å². The predicted octanol–water partition coefficient (Wildman–Crippen LogP) is 4.96. The van der Waals surface area contributed by atoms with Crippen LogP contribution in [0.25, 0.3) is 23.0 Å². The Labute approximate surface area is 249 Å². The van der Waals surface area contributed by atoms with Gasteiger partial charge in [-0.05, 0) is 55.0 Å². The van der Waals surface area contributed by atoms with Gasteiger partial charge in [-0.1, -0.05) is 44.2 Å². The minimum absolute atomic E-state index is 0.119. The highest BCUT2D eigenvalue weighted by Crippen LogP contribution is 2.33. The fourth-order valence-corrected chi connectivity index (χ4v) is 6.44. The lowest BCUT2D eigenvalue weighted by molar-refractivity contribution is -0.141. The van der Waals surface area contributed by atoms with Gasteiger partial charge in [-0.2, -0.15) is 14.7 Å². The Kier molecular flexibility index (Phi) is 8.25. The topological polar surface area (TPSA) is 130 Å². The standard InChI is InChI=1S/C32H29N5O5S/c1-4-35(5-2)43(40,41)27-15-9-11-23(17-27)30-24(20-37(34-30)25-12-7-6-8-13-25)18-28-22(3)29(19-33)32(39)36(31(28)38)21-26-14-10-16-42-26/h6-18,20H,4-5,21H2,1-3H3/b28-18+. The summed E-state index contributed by atoms with van der Waals surface area (Å²) < 4.78 is 35.0. The monoisotopic (exact) mass is 595 g/mol. The van der Waals surface area contributed by atoms with Crippen LogP contribution in [0.15, 0.2) is 105 Å². The summed E-state index contributed by atoms with van der Waals surface area (Å²) in [5.74, 6) is -0.899. The van der Waals surface area contributed by atoms with Crippen molar-refractivity contribution in [2.75, 3.05) is 13.1 Å². The van der Waals surface area contributed by atoms with Gasteiger partial charge < -0.3 is 4.42 Å². The third-order valence-electron chi connectivity index (χ3n) is 7.23. The lowest BCUT2D eigenvalue weighted by Gasteiger charge is -2.26. The molecular weight excluding hydrogens is 566 g/mol. The molecule has 2 aromatic heterocycles. The Morgan fingerprint density at radius 3 is 2.40 bits per heavy atom. The largest absolute Gasteiger partial charge is 0.467 e. The van der Waals surface area contributed by atoms with E-state index < -0.39 is 21.8 Å². The number of hydrogen-bond donors (Lipinski definition) is 0. The fourth-order valence-electron chi connectivity index (χ4n) is 4.93. The van der Waals surface area contributed by atoms with Gasteiger partial charge in [0.25, 0.3) is 11.8 Å². The number of nitrogens with zero attached hydrogens (tertiary/aromatic N) is 5. The van der Waals surface area contributed by atoms with Crippen molar-refractivity contribution >= 4 is 27.9 Å². The number of aromatic nitrogens is 2. The zero-order valence-electron chi connectivity index (χ0n) is 23.9. The Balaban J connectivity index is 1.68. The van der Waals surface area contributed by atoms with Crippen LogP contribution < -0.4 is 0 Å². The number of imide groups is 1. The van der Waals surface area contributed by atoms with Gasteiger partial charge in [0.1, 0.15) is 23.1 Å². The van der Waals surface area contributed by atoms with Crippen molar-refractivity contribution in [2.24, 2.45) is 0 Å². The second kappa shape index (κ2) is 12.1. The van der Waals surface area contributed by atoms with Crippen LogP contribution in [-0.2, 0) is 26.2 Å². The molecule has 11 heteroatoms. The molecule has 0 radical (unpaired) electrons. The van der Waals surface area contributed by atoms with E-state index in [0.29, 0.717) is 35.7 Å². The van der Waals surface area contributed by atoms with Crippen molar-refractivity contribution in [3.05, 3.63) is 107 Å². The molecule has 0 unspecified atom stereocenters. The summed E-state index contributed by atoms with van der Waals surface area (Å²) in [6, 6.07) is 21.1. The zero-order valence-corrected chi connectivity index (χ0v) is 24.7. The van der Waals surface area contributed by atoms with Gasteiger partial charge in [0.05, 0.1) is 23.4 Å². The van der Waals surface area contributed by atoms with E-state index in [1.54, 1.807) is 74.1 Å². The van der Waals surface area contributed by atoms with Crippen molar-refractivity contribution in [2.45, 2.75) is 32.2 Å². The third kappa shape index (κ3) is 5.58. The van der Waals surface area contributed by atoms with E-state index >= 15 is 0 Å². The maximum absolute atomic E-state index is 13.7. The van der Waals surface area contributed by atoms with Gasteiger partial charge in [0.15, 0.2) is 0 Å². The maximum atomic E-state index is 13.7. The molecule has 0 saturated heterocycles. The molecule has 218 valence electrons. The van der Waals surface area contributed by atoms with Crippen LogP contribution in [0, 0.1) is 11.3 Å². The second-order valence-electron chi connectivity index (χ2n) is 9.78. The van der Waals surface area contributed by atoms with E-state index in [0.717, 1.165) is 10.6 Å². The molecule has 0 bridgehead atoms. The van der Waals surface area contributed by atoms with E-state index in [9.17, 15) is 23.3 Å². The second-order valence-corrected chi connectivity index (χ2v) is 11.7. The number of para-hydroxylation sites is 1. The van der Waals surface area contributed by atoms with Crippen molar-refractivity contribution in [3.63, 3.8) is 0 Å². The van der Waals surface area contributed by atoms with Crippen LogP contribution in [0.3, 0.4) is 0 Å². The molecule has 0 fully saturated rings. The van der Waals surface area contributed by atoms with E-state index in [1.807, 2.05) is 36.4 Å². The van der Waals surface area contributed by atoms with E-state index in [-0.39, 0.29) is 28.2 Å². The molecule has 10 nitrogen and oxygen atoms in total. The Bertz CT molecular complexity index is 1890. The van der Waals surface area contributed by atoms with Crippen molar-refractivity contribution in [1.82, 2.24) is 19.0 Å². The molecule has 2 amide bonds. The average Bonchev–Trinajstić information content (AvgIpc) is 3.69. The fraction of sp³-hybridized carbons (Fsp3) is 0.188. The van der Waals surface area contributed by atoms with Gasteiger partial charge in [0, 0.05) is 36.0 Å². The minimum atomic E-state index is -3.75. The molecule has 3 heterocycles.